The zero-order valence-electron chi connectivity index (χ0n) is 10.1. The van der Waals surface area contributed by atoms with Gasteiger partial charge in [0.25, 0.3) is 0 Å². The predicted octanol–water partition coefficient (Wildman–Crippen LogP) is 2.80. The topological polar surface area (TPSA) is 46.5 Å². The molecule has 0 heterocycles. The highest BCUT2D eigenvalue weighted by Gasteiger charge is 2.18. The van der Waals surface area contributed by atoms with Crippen LogP contribution >= 0.6 is 0 Å². The van der Waals surface area contributed by atoms with E-state index in [4.69, 9.17) is 9.84 Å². The highest BCUT2D eigenvalue weighted by molar-refractivity contribution is 5.71. The molecule has 0 aromatic heterocycles. The van der Waals surface area contributed by atoms with Crippen LogP contribution in [-0.4, -0.2) is 17.7 Å². The molecular formula is C14H18O3. The van der Waals surface area contributed by atoms with Gasteiger partial charge < -0.3 is 9.84 Å². The third-order valence-corrected chi connectivity index (χ3v) is 3.26. The highest BCUT2D eigenvalue weighted by Crippen LogP contribution is 2.28. The Labute approximate surface area is 101 Å². The molecule has 0 atom stereocenters. The molecule has 0 radical (unpaired) electrons. The highest BCUT2D eigenvalue weighted by atomic mass is 16.5. The standard InChI is InChI=1S/C14H18O3/c1-10-5-6-13(12(7-10)8-14(15)16)17-9-11-3-2-4-11/h5-7,11H,2-4,8-9H2,1H3,(H,15,16). The number of carboxylic acids is 1. The summed E-state index contributed by atoms with van der Waals surface area (Å²) >= 11 is 0. The Kier molecular flexibility index (Phi) is 3.67. The smallest absolute Gasteiger partial charge is 0.307 e. The molecule has 0 unspecified atom stereocenters. The van der Waals surface area contributed by atoms with Crippen LogP contribution < -0.4 is 4.74 Å². The number of rotatable bonds is 5. The molecule has 0 bridgehead atoms. The van der Waals surface area contributed by atoms with Gasteiger partial charge in [0, 0.05) is 5.56 Å². The fourth-order valence-electron chi connectivity index (χ4n) is 2.02. The molecule has 1 aromatic carbocycles. The fraction of sp³-hybridized carbons (Fsp3) is 0.500. The Morgan fingerprint density at radius 3 is 2.82 bits per heavy atom. The number of hydrogen-bond donors (Lipinski definition) is 1. The van der Waals surface area contributed by atoms with E-state index in [0.717, 1.165) is 23.5 Å². The first-order chi connectivity index (χ1) is 8.15. The zero-order valence-corrected chi connectivity index (χ0v) is 10.1. The Morgan fingerprint density at radius 2 is 2.24 bits per heavy atom. The minimum Gasteiger partial charge on any atom is -0.493 e. The van der Waals surface area contributed by atoms with Crippen molar-refractivity contribution in [2.24, 2.45) is 5.92 Å². The van der Waals surface area contributed by atoms with Gasteiger partial charge in [0.2, 0.25) is 0 Å². The maximum Gasteiger partial charge on any atom is 0.307 e. The van der Waals surface area contributed by atoms with Gasteiger partial charge in [-0.05, 0) is 31.7 Å². The minimum absolute atomic E-state index is 0.0294. The summed E-state index contributed by atoms with van der Waals surface area (Å²) in [5.74, 6) is 0.572. The van der Waals surface area contributed by atoms with E-state index in [-0.39, 0.29) is 6.42 Å². The van der Waals surface area contributed by atoms with Crippen LogP contribution in [-0.2, 0) is 11.2 Å². The van der Waals surface area contributed by atoms with Gasteiger partial charge in [-0.15, -0.1) is 0 Å². The molecular weight excluding hydrogens is 216 g/mol. The summed E-state index contributed by atoms with van der Waals surface area (Å²) in [6.45, 7) is 2.68. The van der Waals surface area contributed by atoms with Gasteiger partial charge in [-0.3, -0.25) is 4.79 Å². The largest absolute Gasteiger partial charge is 0.493 e. The van der Waals surface area contributed by atoms with Gasteiger partial charge in [0.1, 0.15) is 5.75 Å². The lowest BCUT2D eigenvalue weighted by atomic mass is 9.86. The number of aliphatic carboxylic acids is 1. The normalized spacial score (nSPS) is 15.4. The molecule has 2 rings (SSSR count). The molecule has 0 spiro atoms. The molecule has 17 heavy (non-hydrogen) atoms. The Bertz CT molecular complexity index is 408. The lowest BCUT2D eigenvalue weighted by molar-refractivity contribution is -0.136. The number of ether oxygens (including phenoxy) is 1. The molecule has 0 amide bonds. The van der Waals surface area contributed by atoms with Crippen molar-refractivity contribution in [2.45, 2.75) is 32.6 Å². The molecule has 1 fully saturated rings. The second-order valence-corrected chi connectivity index (χ2v) is 4.79. The predicted molar refractivity (Wildman–Crippen MR) is 65.4 cm³/mol. The van der Waals surface area contributed by atoms with Gasteiger partial charge >= 0.3 is 5.97 Å². The molecule has 0 aliphatic heterocycles. The lowest BCUT2D eigenvalue weighted by Crippen LogP contribution is -2.19. The fourth-order valence-corrected chi connectivity index (χ4v) is 2.02. The molecule has 3 heteroatoms. The van der Waals surface area contributed by atoms with Crippen molar-refractivity contribution in [1.29, 1.82) is 0 Å². The summed E-state index contributed by atoms with van der Waals surface area (Å²) in [7, 11) is 0. The minimum atomic E-state index is -0.816. The van der Waals surface area contributed by atoms with E-state index in [0.29, 0.717) is 5.92 Å². The SMILES string of the molecule is Cc1ccc(OCC2CCC2)c(CC(=O)O)c1. The van der Waals surface area contributed by atoms with Crippen LogP contribution in [0.5, 0.6) is 5.75 Å². The molecule has 1 saturated carbocycles. The van der Waals surface area contributed by atoms with E-state index >= 15 is 0 Å². The summed E-state index contributed by atoms with van der Waals surface area (Å²) in [4.78, 5) is 10.8. The number of aryl methyl sites for hydroxylation is 1. The van der Waals surface area contributed by atoms with Crippen molar-refractivity contribution in [2.75, 3.05) is 6.61 Å². The van der Waals surface area contributed by atoms with Crippen molar-refractivity contribution >= 4 is 5.97 Å². The summed E-state index contributed by atoms with van der Waals surface area (Å²) < 4.78 is 5.73. The summed E-state index contributed by atoms with van der Waals surface area (Å²) in [5, 5.41) is 8.86. The maximum absolute atomic E-state index is 10.8. The van der Waals surface area contributed by atoms with E-state index in [1.54, 1.807) is 0 Å². The van der Waals surface area contributed by atoms with Crippen LogP contribution in [0.2, 0.25) is 0 Å². The average molecular weight is 234 g/mol. The van der Waals surface area contributed by atoms with Crippen molar-refractivity contribution in [1.82, 2.24) is 0 Å². The van der Waals surface area contributed by atoms with Gasteiger partial charge in [0.05, 0.1) is 13.0 Å². The molecule has 1 aliphatic rings. The van der Waals surface area contributed by atoms with Gasteiger partial charge in [0.15, 0.2) is 0 Å². The molecule has 3 nitrogen and oxygen atoms in total. The van der Waals surface area contributed by atoms with E-state index < -0.39 is 5.97 Å². The van der Waals surface area contributed by atoms with Crippen LogP contribution in [0.15, 0.2) is 18.2 Å². The first-order valence-corrected chi connectivity index (χ1v) is 6.09. The molecule has 1 N–H and O–H groups in total. The average Bonchev–Trinajstić information content (AvgIpc) is 2.17. The second-order valence-electron chi connectivity index (χ2n) is 4.79. The summed E-state index contributed by atoms with van der Waals surface area (Å²) in [6.07, 6.45) is 3.80. The third kappa shape index (κ3) is 3.22. The van der Waals surface area contributed by atoms with Crippen LogP contribution in [0, 0.1) is 12.8 Å². The summed E-state index contributed by atoms with van der Waals surface area (Å²) in [5.41, 5.74) is 1.84. The zero-order chi connectivity index (χ0) is 12.3. The number of carbonyl (C=O) groups is 1. The Hall–Kier alpha value is -1.51. The van der Waals surface area contributed by atoms with Crippen molar-refractivity contribution < 1.29 is 14.6 Å². The monoisotopic (exact) mass is 234 g/mol. The van der Waals surface area contributed by atoms with Crippen LogP contribution in [0.25, 0.3) is 0 Å². The lowest BCUT2D eigenvalue weighted by Gasteiger charge is -2.25. The van der Waals surface area contributed by atoms with E-state index in [1.807, 2.05) is 25.1 Å². The third-order valence-electron chi connectivity index (χ3n) is 3.26. The first kappa shape index (κ1) is 12.0. The van der Waals surface area contributed by atoms with Crippen molar-refractivity contribution in [3.63, 3.8) is 0 Å². The maximum atomic E-state index is 10.8. The van der Waals surface area contributed by atoms with Gasteiger partial charge in [-0.1, -0.05) is 24.1 Å². The summed E-state index contributed by atoms with van der Waals surface area (Å²) in [6, 6.07) is 5.73. The Balaban J connectivity index is 2.04. The van der Waals surface area contributed by atoms with Gasteiger partial charge in [-0.2, -0.15) is 0 Å². The quantitative estimate of drug-likeness (QED) is 0.852. The van der Waals surface area contributed by atoms with Crippen molar-refractivity contribution in [3.05, 3.63) is 29.3 Å². The van der Waals surface area contributed by atoms with Crippen LogP contribution in [0.1, 0.15) is 30.4 Å². The van der Waals surface area contributed by atoms with Crippen LogP contribution in [0.3, 0.4) is 0 Å². The first-order valence-electron chi connectivity index (χ1n) is 6.09. The molecule has 92 valence electrons. The van der Waals surface area contributed by atoms with Crippen molar-refractivity contribution in [3.8, 4) is 5.75 Å². The Morgan fingerprint density at radius 1 is 1.47 bits per heavy atom. The van der Waals surface area contributed by atoms with Gasteiger partial charge in [-0.25, -0.2) is 0 Å². The second kappa shape index (κ2) is 5.21. The number of hydrogen-bond acceptors (Lipinski definition) is 2. The number of carboxylic acid groups (broad SMARTS) is 1. The van der Waals surface area contributed by atoms with E-state index in [1.165, 1.54) is 19.3 Å². The molecule has 0 saturated heterocycles. The molecule has 1 aromatic rings. The van der Waals surface area contributed by atoms with E-state index in [2.05, 4.69) is 0 Å². The number of benzene rings is 1. The van der Waals surface area contributed by atoms with Crippen LogP contribution in [0.4, 0.5) is 0 Å². The van der Waals surface area contributed by atoms with E-state index in [9.17, 15) is 4.79 Å². The molecule has 1 aliphatic carbocycles.